The molecule has 6 nitrogen and oxygen atoms in total. The minimum Gasteiger partial charge on any atom is -0.361 e. The monoisotopic (exact) mass is 559 g/mol. The van der Waals surface area contributed by atoms with Crippen molar-refractivity contribution >= 4 is 46.7 Å². The number of aromatic nitrogens is 1. The SMILES string of the molecule is CCc1cccc2c(CCNC(=NC)NCc3cccc(CN4CCCC4=O)c3)c[nH]c12.I. The van der Waals surface area contributed by atoms with Crippen molar-refractivity contribution in [1.29, 1.82) is 0 Å². The molecule has 0 atom stereocenters. The molecule has 1 aromatic heterocycles. The van der Waals surface area contributed by atoms with Crippen LogP contribution in [-0.2, 0) is 30.7 Å². The van der Waals surface area contributed by atoms with E-state index in [0.29, 0.717) is 19.5 Å². The van der Waals surface area contributed by atoms with Crippen LogP contribution in [0.1, 0.15) is 42.0 Å². The summed E-state index contributed by atoms with van der Waals surface area (Å²) in [5.74, 6) is 1.05. The molecular weight excluding hydrogens is 525 g/mol. The maximum absolute atomic E-state index is 11.9. The number of benzene rings is 2. The van der Waals surface area contributed by atoms with E-state index in [0.717, 1.165) is 38.3 Å². The molecule has 1 fully saturated rings. The van der Waals surface area contributed by atoms with Crippen molar-refractivity contribution in [3.8, 4) is 0 Å². The van der Waals surface area contributed by atoms with Gasteiger partial charge in [-0.05, 0) is 41.5 Å². The first-order valence-corrected chi connectivity index (χ1v) is 11.6. The summed E-state index contributed by atoms with van der Waals surface area (Å²) in [7, 11) is 1.80. The van der Waals surface area contributed by atoms with Crippen molar-refractivity contribution < 1.29 is 4.79 Å². The molecule has 0 aliphatic carbocycles. The third-order valence-electron chi connectivity index (χ3n) is 6.17. The summed E-state index contributed by atoms with van der Waals surface area (Å²) in [6, 6.07) is 14.9. The molecule has 2 heterocycles. The fourth-order valence-corrected chi connectivity index (χ4v) is 4.43. The molecule has 3 aromatic rings. The van der Waals surface area contributed by atoms with Gasteiger partial charge in [-0.15, -0.1) is 24.0 Å². The predicted octanol–water partition coefficient (Wildman–Crippen LogP) is 4.38. The lowest BCUT2D eigenvalue weighted by atomic mass is 10.1. The number of rotatable bonds is 8. The van der Waals surface area contributed by atoms with Crippen LogP contribution in [0.2, 0.25) is 0 Å². The highest BCUT2D eigenvalue weighted by molar-refractivity contribution is 14.0. The van der Waals surface area contributed by atoms with Crippen LogP contribution < -0.4 is 10.6 Å². The molecule has 0 radical (unpaired) electrons. The molecule has 1 aliphatic heterocycles. The fraction of sp³-hybridized carbons (Fsp3) is 0.385. The van der Waals surface area contributed by atoms with Gasteiger partial charge in [-0.25, -0.2) is 0 Å². The van der Waals surface area contributed by atoms with E-state index in [9.17, 15) is 4.79 Å². The zero-order valence-electron chi connectivity index (χ0n) is 19.5. The highest BCUT2D eigenvalue weighted by Gasteiger charge is 2.19. The molecule has 2 aromatic carbocycles. The van der Waals surface area contributed by atoms with Gasteiger partial charge >= 0.3 is 0 Å². The number of carbonyl (C=O) groups excluding carboxylic acids is 1. The normalized spacial score (nSPS) is 13.9. The maximum Gasteiger partial charge on any atom is 0.222 e. The molecule has 0 saturated carbocycles. The van der Waals surface area contributed by atoms with Crippen LogP contribution in [0.4, 0.5) is 0 Å². The Balaban J connectivity index is 0.00000306. The topological polar surface area (TPSA) is 72.5 Å². The van der Waals surface area contributed by atoms with E-state index in [1.54, 1.807) is 7.05 Å². The summed E-state index contributed by atoms with van der Waals surface area (Å²) in [4.78, 5) is 21.6. The Labute approximate surface area is 213 Å². The van der Waals surface area contributed by atoms with Crippen molar-refractivity contribution in [2.75, 3.05) is 20.1 Å². The van der Waals surface area contributed by atoms with E-state index in [-0.39, 0.29) is 29.9 Å². The summed E-state index contributed by atoms with van der Waals surface area (Å²) in [6.07, 6.45) is 5.73. The number of amides is 1. The van der Waals surface area contributed by atoms with Crippen molar-refractivity contribution in [2.45, 2.75) is 45.7 Å². The molecule has 4 rings (SSSR count). The van der Waals surface area contributed by atoms with Crippen LogP contribution >= 0.6 is 24.0 Å². The Morgan fingerprint density at radius 2 is 1.94 bits per heavy atom. The number of H-pyrrole nitrogens is 1. The lowest BCUT2D eigenvalue weighted by Crippen LogP contribution is -2.37. The summed E-state index contributed by atoms with van der Waals surface area (Å²) in [5.41, 5.74) is 6.29. The van der Waals surface area contributed by atoms with Crippen LogP contribution in [0, 0.1) is 0 Å². The first kappa shape index (κ1) is 25.1. The third kappa shape index (κ3) is 6.28. The van der Waals surface area contributed by atoms with E-state index >= 15 is 0 Å². The molecule has 7 heteroatoms. The minimum absolute atomic E-state index is 0. The van der Waals surface area contributed by atoms with Gasteiger partial charge in [-0.3, -0.25) is 9.79 Å². The zero-order chi connectivity index (χ0) is 22.3. The molecule has 1 saturated heterocycles. The highest BCUT2D eigenvalue weighted by atomic mass is 127. The number of nitrogens with zero attached hydrogens (tertiary/aromatic N) is 2. The summed E-state index contributed by atoms with van der Waals surface area (Å²) < 4.78 is 0. The number of aromatic amines is 1. The van der Waals surface area contributed by atoms with Gasteiger partial charge in [-0.1, -0.05) is 49.4 Å². The Morgan fingerprint density at radius 1 is 1.12 bits per heavy atom. The van der Waals surface area contributed by atoms with Crippen molar-refractivity contribution in [1.82, 2.24) is 20.5 Å². The van der Waals surface area contributed by atoms with Gasteiger partial charge in [0.2, 0.25) is 5.91 Å². The number of hydrogen-bond acceptors (Lipinski definition) is 2. The van der Waals surface area contributed by atoms with Crippen LogP contribution in [0.3, 0.4) is 0 Å². The van der Waals surface area contributed by atoms with Gasteiger partial charge in [0.05, 0.1) is 0 Å². The van der Waals surface area contributed by atoms with Gasteiger partial charge in [-0.2, -0.15) is 0 Å². The van der Waals surface area contributed by atoms with E-state index in [1.165, 1.54) is 33.2 Å². The number of carbonyl (C=O) groups is 1. The molecule has 33 heavy (non-hydrogen) atoms. The number of aryl methyl sites for hydroxylation is 1. The lowest BCUT2D eigenvalue weighted by Gasteiger charge is -2.16. The second-order valence-electron chi connectivity index (χ2n) is 8.35. The molecule has 0 spiro atoms. The third-order valence-corrected chi connectivity index (χ3v) is 6.17. The van der Waals surface area contributed by atoms with Crippen LogP contribution in [0.15, 0.2) is 53.7 Å². The first-order valence-electron chi connectivity index (χ1n) is 11.6. The average Bonchev–Trinajstić information content (AvgIpc) is 3.42. The first-order chi connectivity index (χ1) is 15.7. The van der Waals surface area contributed by atoms with Crippen LogP contribution in [-0.4, -0.2) is 41.9 Å². The molecule has 0 unspecified atom stereocenters. The number of halogens is 1. The van der Waals surface area contributed by atoms with Gasteiger partial charge in [0.1, 0.15) is 0 Å². The van der Waals surface area contributed by atoms with E-state index in [1.807, 2.05) is 4.90 Å². The molecule has 176 valence electrons. The van der Waals surface area contributed by atoms with Crippen molar-refractivity contribution in [3.05, 3.63) is 70.9 Å². The predicted molar refractivity (Wildman–Crippen MR) is 146 cm³/mol. The highest BCUT2D eigenvalue weighted by Crippen LogP contribution is 2.22. The Kier molecular flexibility index (Phi) is 9.17. The van der Waals surface area contributed by atoms with Gasteiger partial charge in [0.15, 0.2) is 5.96 Å². The quantitative estimate of drug-likeness (QED) is 0.218. The number of nitrogens with one attached hydrogen (secondary N) is 3. The second kappa shape index (κ2) is 12.1. The molecular formula is C26H34IN5O. The van der Waals surface area contributed by atoms with E-state index in [2.05, 4.69) is 76.2 Å². The zero-order valence-corrected chi connectivity index (χ0v) is 21.8. The standard InChI is InChI=1S/C26H33N5O.HI/c1-3-21-9-5-10-23-22(17-29-25(21)23)12-13-28-26(27-2)30-16-19-7-4-8-20(15-19)18-31-14-6-11-24(31)32;/h4-5,7-10,15,17,29H,3,6,11-14,16,18H2,1-2H3,(H2,27,28,30);1H. The van der Waals surface area contributed by atoms with E-state index in [4.69, 9.17) is 0 Å². The number of likely N-dealkylation sites (tertiary alicyclic amines) is 1. The summed E-state index contributed by atoms with van der Waals surface area (Å²) in [5, 5.41) is 8.13. The van der Waals surface area contributed by atoms with Gasteiger partial charge < -0.3 is 20.5 Å². The Bertz CT molecular complexity index is 1110. The maximum atomic E-state index is 11.9. The number of hydrogen-bond donors (Lipinski definition) is 3. The summed E-state index contributed by atoms with van der Waals surface area (Å²) >= 11 is 0. The van der Waals surface area contributed by atoms with E-state index < -0.39 is 0 Å². The largest absolute Gasteiger partial charge is 0.361 e. The van der Waals surface area contributed by atoms with Gasteiger partial charge in [0.25, 0.3) is 0 Å². The second-order valence-corrected chi connectivity index (χ2v) is 8.35. The summed E-state index contributed by atoms with van der Waals surface area (Å²) in [6.45, 7) is 5.25. The number of para-hydroxylation sites is 1. The average molecular weight is 559 g/mol. The number of guanidine groups is 1. The molecule has 1 amide bonds. The van der Waals surface area contributed by atoms with Crippen LogP contribution in [0.5, 0.6) is 0 Å². The van der Waals surface area contributed by atoms with Crippen molar-refractivity contribution in [2.24, 2.45) is 4.99 Å². The smallest absolute Gasteiger partial charge is 0.222 e. The Morgan fingerprint density at radius 3 is 2.70 bits per heavy atom. The number of fused-ring (bicyclic) bond motifs is 1. The number of aliphatic imine (C=N–C) groups is 1. The Hall–Kier alpha value is -2.55. The molecule has 3 N–H and O–H groups in total. The van der Waals surface area contributed by atoms with Crippen LogP contribution in [0.25, 0.3) is 10.9 Å². The van der Waals surface area contributed by atoms with Crippen molar-refractivity contribution in [3.63, 3.8) is 0 Å². The lowest BCUT2D eigenvalue weighted by molar-refractivity contribution is -0.128. The molecule has 1 aliphatic rings. The fourth-order valence-electron chi connectivity index (χ4n) is 4.43. The van der Waals surface area contributed by atoms with Gasteiger partial charge in [0, 0.05) is 56.7 Å². The minimum atomic E-state index is 0. The molecule has 0 bridgehead atoms.